The molecule has 228 valence electrons. The van der Waals surface area contributed by atoms with Gasteiger partial charge in [-0.05, 0) is 45.9 Å². The highest BCUT2D eigenvalue weighted by Crippen LogP contribution is 2.34. The van der Waals surface area contributed by atoms with Crippen LogP contribution in [0.1, 0.15) is 44.0 Å². The fraction of sp³-hybridized carbons (Fsp3) is 0.444. The smallest absolute Gasteiger partial charge is 0.332 e. The van der Waals surface area contributed by atoms with Gasteiger partial charge in [-0.15, -0.1) is 4.80 Å². The first-order chi connectivity index (χ1) is 19.5. The van der Waals surface area contributed by atoms with Crippen molar-refractivity contribution in [3.05, 3.63) is 68.4 Å². The Balaban J connectivity index is 0.00000484. The van der Waals surface area contributed by atoms with Crippen molar-refractivity contribution in [1.82, 2.24) is 29.0 Å². The third-order valence-corrected chi connectivity index (χ3v) is 8.26. The number of benzene rings is 1. The molecule has 0 saturated carbocycles. The van der Waals surface area contributed by atoms with Crippen molar-refractivity contribution in [3.8, 4) is 10.8 Å². The van der Waals surface area contributed by atoms with Gasteiger partial charge in [0.05, 0.1) is 44.6 Å². The summed E-state index contributed by atoms with van der Waals surface area (Å²) in [6, 6.07) is 2.63. The van der Waals surface area contributed by atoms with E-state index in [2.05, 4.69) is 10.2 Å². The zero-order valence-electron chi connectivity index (χ0n) is 24.2. The molecule has 2 atom stereocenters. The summed E-state index contributed by atoms with van der Waals surface area (Å²) in [7, 11) is 3.03. The molecular formula is C27H35FN6O6S2. The predicted molar refractivity (Wildman–Crippen MR) is 162 cm³/mol. The summed E-state index contributed by atoms with van der Waals surface area (Å²) in [5.74, 6) is -0.638. The van der Waals surface area contributed by atoms with Gasteiger partial charge in [0.15, 0.2) is 0 Å². The third kappa shape index (κ3) is 6.14. The van der Waals surface area contributed by atoms with Crippen molar-refractivity contribution in [1.29, 1.82) is 0 Å². The minimum absolute atomic E-state index is 0. The summed E-state index contributed by atoms with van der Waals surface area (Å²) in [6.45, 7) is 6.28. The number of fused-ring (bicyclic) bond motifs is 1. The number of amides is 1. The minimum Gasteiger partial charge on any atom is -0.496 e. The van der Waals surface area contributed by atoms with Gasteiger partial charge in [-0.3, -0.25) is 14.2 Å². The molecule has 0 aliphatic carbocycles. The Morgan fingerprint density at radius 2 is 1.86 bits per heavy atom. The van der Waals surface area contributed by atoms with Crippen LogP contribution in [0.2, 0.25) is 0 Å². The van der Waals surface area contributed by atoms with Crippen LogP contribution in [0.25, 0.3) is 15.2 Å². The van der Waals surface area contributed by atoms with Crippen LogP contribution in [0.15, 0.2) is 40.2 Å². The fourth-order valence-electron chi connectivity index (χ4n) is 4.58. The normalized spacial score (nSPS) is 12.8. The lowest BCUT2D eigenvalue weighted by molar-refractivity contribution is -0.134. The molecule has 0 fully saturated rings. The Hall–Kier alpha value is -3.53. The monoisotopic (exact) mass is 622 g/mol. The molecule has 0 aliphatic heterocycles. The van der Waals surface area contributed by atoms with Crippen LogP contribution in [0.3, 0.4) is 0 Å². The third-order valence-electron chi connectivity index (χ3n) is 6.98. The summed E-state index contributed by atoms with van der Waals surface area (Å²) in [5, 5.41) is 18.6. The number of aromatic nitrogens is 5. The van der Waals surface area contributed by atoms with Crippen molar-refractivity contribution >= 4 is 41.0 Å². The summed E-state index contributed by atoms with van der Waals surface area (Å²) < 4.78 is 28.0. The van der Waals surface area contributed by atoms with Crippen LogP contribution in [0.5, 0.6) is 5.75 Å². The molecule has 1 amide bonds. The van der Waals surface area contributed by atoms with E-state index in [1.165, 1.54) is 58.9 Å². The van der Waals surface area contributed by atoms with Crippen LogP contribution >= 0.6 is 24.8 Å². The van der Waals surface area contributed by atoms with Crippen LogP contribution in [0, 0.1) is 12.7 Å². The van der Waals surface area contributed by atoms with Gasteiger partial charge in [-0.1, -0.05) is 11.3 Å². The number of rotatable bonds is 11. The molecule has 1 N–H and O–H groups in total. The molecular weight excluding hydrogens is 587 g/mol. The van der Waals surface area contributed by atoms with Gasteiger partial charge in [-0.2, -0.15) is 23.7 Å². The van der Waals surface area contributed by atoms with Crippen molar-refractivity contribution in [2.75, 3.05) is 27.4 Å². The summed E-state index contributed by atoms with van der Waals surface area (Å²) in [5.41, 5.74) is -0.524. The Kier molecular flexibility index (Phi) is 10.7. The zero-order valence-corrected chi connectivity index (χ0v) is 26.0. The number of methoxy groups -OCH3 is 1. The maximum Gasteiger partial charge on any atom is 0.332 e. The van der Waals surface area contributed by atoms with Gasteiger partial charge in [0.25, 0.3) is 5.56 Å². The van der Waals surface area contributed by atoms with Crippen molar-refractivity contribution in [3.63, 3.8) is 0 Å². The lowest BCUT2D eigenvalue weighted by atomic mass is 10.1. The number of carbonyl (C=O) groups excluding carboxylic acids is 1. The van der Waals surface area contributed by atoms with Crippen molar-refractivity contribution < 1.29 is 23.8 Å². The second-order valence-electron chi connectivity index (χ2n) is 9.79. The topological polar surface area (TPSA) is 134 Å². The number of carbonyl (C=O) groups is 1. The molecule has 15 heteroatoms. The molecule has 1 aromatic carbocycles. The average molecular weight is 623 g/mol. The first kappa shape index (κ1) is 33.0. The van der Waals surface area contributed by atoms with E-state index >= 15 is 0 Å². The lowest BCUT2D eigenvalue weighted by Crippen LogP contribution is -2.47. The largest absolute Gasteiger partial charge is 0.496 e. The molecule has 4 rings (SSSR count). The highest BCUT2D eigenvalue weighted by molar-refractivity contribution is 7.59. The highest BCUT2D eigenvalue weighted by atomic mass is 32.1. The highest BCUT2D eigenvalue weighted by Gasteiger charge is 2.30. The van der Waals surface area contributed by atoms with Gasteiger partial charge < -0.3 is 19.5 Å². The van der Waals surface area contributed by atoms with Gasteiger partial charge in [0.1, 0.15) is 33.5 Å². The van der Waals surface area contributed by atoms with Crippen LogP contribution in [-0.2, 0) is 16.1 Å². The van der Waals surface area contributed by atoms with Crippen LogP contribution < -0.4 is 16.0 Å². The van der Waals surface area contributed by atoms with E-state index in [1.807, 2.05) is 13.8 Å². The van der Waals surface area contributed by atoms with E-state index in [4.69, 9.17) is 9.47 Å². The van der Waals surface area contributed by atoms with E-state index < -0.39 is 35.1 Å². The number of nitrogens with zero attached hydrogens (tertiary/aromatic N) is 6. The number of thiophene rings is 1. The number of ether oxygens (including phenoxy) is 2. The number of aliphatic hydroxyl groups excluding tert-OH is 1. The van der Waals surface area contributed by atoms with Crippen molar-refractivity contribution in [2.24, 2.45) is 0 Å². The van der Waals surface area contributed by atoms with E-state index in [1.54, 1.807) is 14.0 Å². The van der Waals surface area contributed by atoms with Gasteiger partial charge >= 0.3 is 5.69 Å². The first-order valence-corrected chi connectivity index (χ1v) is 13.8. The Morgan fingerprint density at radius 3 is 2.45 bits per heavy atom. The second kappa shape index (κ2) is 13.6. The van der Waals surface area contributed by atoms with E-state index in [0.29, 0.717) is 26.7 Å². The number of likely N-dealkylation sites (N-methyl/N-ethyl adjacent to an activating group) is 1. The SMILES string of the molecule is COc1ccc(F)cc1[C@H](Cn1c(=O)n([C@@H](C)C(=O)N(C)C(C)C)c(=O)c2c(C)c(-n3nccn3)sc21)OCCO.S. The molecule has 3 aromatic heterocycles. The van der Waals surface area contributed by atoms with Gasteiger partial charge in [-0.25, -0.2) is 13.8 Å². The maximum absolute atomic E-state index is 14.4. The number of hydrogen-bond donors (Lipinski definition) is 1. The molecule has 0 spiro atoms. The molecule has 42 heavy (non-hydrogen) atoms. The number of halogens is 1. The molecule has 0 saturated heterocycles. The zero-order chi connectivity index (χ0) is 30.0. The Labute approximate surface area is 252 Å². The molecule has 0 bridgehead atoms. The van der Waals surface area contributed by atoms with E-state index in [-0.39, 0.29) is 44.7 Å². The quantitative estimate of drug-likeness (QED) is 0.270. The summed E-state index contributed by atoms with van der Waals surface area (Å²) >= 11 is 1.13. The molecule has 0 radical (unpaired) electrons. The van der Waals surface area contributed by atoms with Gasteiger partial charge in [0, 0.05) is 24.2 Å². The first-order valence-electron chi connectivity index (χ1n) is 13.0. The minimum atomic E-state index is -1.12. The average Bonchev–Trinajstić information content (AvgIpc) is 3.60. The van der Waals surface area contributed by atoms with Crippen molar-refractivity contribution in [2.45, 2.75) is 52.4 Å². The maximum atomic E-state index is 14.4. The van der Waals surface area contributed by atoms with Crippen LogP contribution in [-0.4, -0.2) is 73.5 Å². The number of aryl methyl sites for hydroxylation is 1. The Morgan fingerprint density at radius 1 is 1.19 bits per heavy atom. The van der Waals surface area contributed by atoms with Crippen LogP contribution in [0.4, 0.5) is 4.39 Å². The molecule has 3 heterocycles. The van der Waals surface area contributed by atoms with Gasteiger partial charge in [0.2, 0.25) is 5.91 Å². The Bertz CT molecular complexity index is 1670. The molecule has 4 aromatic rings. The second-order valence-corrected chi connectivity index (χ2v) is 10.8. The summed E-state index contributed by atoms with van der Waals surface area (Å²) in [4.78, 5) is 44.5. The van der Waals surface area contributed by atoms with E-state index in [0.717, 1.165) is 15.9 Å². The number of aliphatic hydroxyl groups is 1. The predicted octanol–water partition coefficient (Wildman–Crippen LogP) is 2.55. The van der Waals surface area contributed by atoms with E-state index in [9.17, 15) is 23.9 Å². The standard InChI is InChI=1S/C27H33FN6O6S.H2S/c1-15(2)31(5)23(36)17(4)33-24(37)22-16(3)25(34-29-9-10-30-34)41-26(22)32(27(33)38)14-21(40-12-11-35)19-13-18(28)7-8-20(19)39-6;/h7-10,13,15,17,21,35H,11-12,14H2,1-6H3;1H2/t17-,21-;/m0./s1. The molecule has 0 unspecified atom stereocenters. The fourth-order valence-corrected chi connectivity index (χ4v) is 5.80. The molecule has 12 nitrogen and oxygen atoms in total. The molecule has 0 aliphatic rings. The lowest BCUT2D eigenvalue weighted by Gasteiger charge is -2.27. The number of hydrogen-bond acceptors (Lipinski definition) is 9. The summed E-state index contributed by atoms with van der Waals surface area (Å²) in [6.07, 6.45) is 2.02.